The number of ketones is 1. The smallest absolute Gasteiger partial charge is 0.305 e. The number of carbonyl (C=O) groups is 1. The molecule has 31 heavy (non-hydrogen) atoms. The van der Waals surface area contributed by atoms with Crippen LogP contribution in [-0.2, 0) is 27.8 Å². The lowest BCUT2D eigenvalue weighted by Gasteiger charge is -2.13. The Labute approximate surface area is 178 Å². The lowest BCUT2D eigenvalue weighted by Crippen LogP contribution is -2.44. The molecular weight excluding hydrogens is 422 g/mol. The van der Waals surface area contributed by atoms with Crippen LogP contribution < -0.4 is 16.1 Å². The molecule has 0 spiro atoms. The van der Waals surface area contributed by atoms with Crippen molar-refractivity contribution in [2.24, 2.45) is 0 Å². The molecule has 0 radical (unpaired) electrons. The summed E-state index contributed by atoms with van der Waals surface area (Å²) in [4.78, 5) is 41.7. The number of aryl methyl sites for hydroxylation is 2. The average Bonchev–Trinajstić information content (AvgIpc) is 3.18. The second-order valence-corrected chi connectivity index (χ2v) is 8.85. The first-order chi connectivity index (χ1) is 14.7. The number of nitrogens with one attached hydrogen (secondary N) is 2. The second kappa shape index (κ2) is 8.88. The van der Waals surface area contributed by atoms with Gasteiger partial charge in [-0.1, -0.05) is 13.8 Å². The van der Waals surface area contributed by atoms with Gasteiger partial charge in [0.05, 0.1) is 16.6 Å². The van der Waals surface area contributed by atoms with E-state index in [1.54, 1.807) is 29.9 Å². The van der Waals surface area contributed by atoms with E-state index in [0.717, 1.165) is 16.8 Å². The molecule has 2 N–H and O–H groups in total. The SMILES string of the molecule is CCCC(=O)CS(=O)(=O)Nn1c(=O)[nH]c2cc(CC)c(-c3ccnn3CC)cc2c1=O. The number of aromatic amines is 1. The number of fused-ring (bicyclic) bond motifs is 1. The summed E-state index contributed by atoms with van der Waals surface area (Å²) in [6.45, 7) is 6.29. The Kier molecular flexibility index (Phi) is 6.44. The van der Waals surface area contributed by atoms with Crippen LogP contribution in [0.2, 0.25) is 0 Å². The maximum atomic E-state index is 13.0. The standard InChI is InChI=1S/C20H25N5O5S/c1-4-7-14(26)12-31(29,30)23-25-19(27)16-11-15(18-8-9-21-24(18)6-3)13(5-2)10-17(16)22-20(25)28/h8-11,23H,4-7,12H2,1-3H3,(H,22,28). The topological polar surface area (TPSA) is 136 Å². The van der Waals surface area contributed by atoms with Crippen molar-refractivity contribution in [1.29, 1.82) is 0 Å². The number of nitrogens with zero attached hydrogens (tertiary/aromatic N) is 3. The van der Waals surface area contributed by atoms with Crippen LogP contribution in [0.1, 0.15) is 39.2 Å². The molecule has 166 valence electrons. The minimum atomic E-state index is -4.22. The van der Waals surface area contributed by atoms with Gasteiger partial charge in [-0.05, 0) is 43.5 Å². The molecule has 10 nitrogen and oxygen atoms in total. The van der Waals surface area contributed by atoms with Crippen LogP contribution >= 0.6 is 0 Å². The maximum absolute atomic E-state index is 13.0. The highest BCUT2D eigenvalue weighted by molar-refractivity contribution is 7.93. The predicted octanol–water partition coefficient (Wildman–Crippen LogP) is 1.38. The van der Waals surface area contributed by atoms with Gasteiger partial charge in [-0.15, -0.1) is 0 Å². The molecule has 0 saturated carbocycles. The third-order valence-corrected chi connectivity index (χ3v) is 6.07. The van der Waals surface area contributed by atoms with Gasteiger partial charge in [0.15, 0.2) is 0 Å². The minimum Gasteiger partial charge on any atom is -0.305 e. The van der Waals surface area contributed by atoms with Crippen molar-refractivity contribution in [2.75, 3.05) is 10.6 Å². The van der Waals surface area contributed by atoms with Gasteiger partial charge in [0, 0.05) is 24.7 Å². The summed E-state index contributed by atoms with van der Waals surface area (Å²) in [5.74, 6) is -1.30. The van der Waals surface area contributed by atoms with Crippen molar-refractivity contribution in [3.8, 4) is 11.3 Å². The molecule has 3 aromatic rings. The molecular formula is C20H25N5O5S. The number of aromatic nitrogens is 4. The van der Waals surface area contributed by atoms with Crippen LogP contribution in [0.15, 0.2) is 34.0 Å². The van der Waals surface area contributed by atoms with E-state index in [2.05, 4.69) is 10.1 Å². The lowest BCUT2D eigenvalue weighted by atomic mass is 9.99. The van der Waals surface area contributed by atoms with E-state index in [-0.39, 0.29) is 11.8 Å². The second-order valence-electron chi connectivity index (χ2n) is 7.15. The zero-order valence-electron chi connectivity index (χ0n) is 17.6. The number of sulfonamides is 1. The Hall–Kier alpha value is -3.21. The molecule has 0 bridgehead atoms. The molecule has 0 aliphatic rings. The highest BCUT2D eigenvalue weighted by Crippen LogP contribution is 2.27. The summed E-state index contributed by atoms with van der Waals surface area (Å²) >= 11 is 0. The molecule has 0 saturated heterocycles. The molecule has 1 aromatic carbocycles. The fourth-order valence-corrected chi connectivity index (χ4v) is 4.55. The van der Waals surface area contributed by atoms with E-state index < -0.39 is 32.8 Å². The summed E-state index contributed by atoms with van der Waals surface area (Å²) < 4.78 is 26.8. The van der Waals surface area contributed by atoms with Crippen LogP contribution in [0.4, 0.5) is 0 Å². The van der Waals surface area contributed by atoms with Gasteiger partial charge in [-0.25, -0.2) is 18.0 Å². The number of Topliss-reactive ketones (excluding diaryl/α,β-unsaturated/α-hetero) is 1. The van der Waals surface area contributed by atoms with Crippen molar-refractivity contribution in [3.63, 3.8) is 0 Å². The molecule has 2 aromatic heterocycles. The van der Waals surface area contributed by atoms with Gasteiger partial charge in [0.25, 0.3) is 15.6 Å². The summed E-state index contributed by atoms with van der Waals surface area (Å²) in [5, 5.41) is 4.40. The van der Waals surface area contributed by atoms with E-state index in [1.807, 2.05) is 24.7 Å². The quantitative estimate of drug-likeness (QED) is 0.509. The monoisotopic (exact) mass is 447 g/mol. The zero-order valence-corrected chi connectivity index (χ0v) is 18.5. The number of hydrogen-bond acceptors (Lipinski definition) is 6. The summed E-state index contributed by atoms with van der Waals surface area (Å²) in [6.07, 6.45) is 2.91. The molecule has 11 heteroatoms. The first-order valence-electron chi connectivity index (χ1n) is 10.1. The third kappa shape index (κ3) is 4.61. The van der Waals surface area contributed by atoms with Gasteiger partial charge < -0.3 is 4.98 Å². The first-order valence-corrected chi connectivity index (χ1v) is 11.7. The zero-order chi connectivity index (χ0) is 22.8. The average molecular weight is 448 g/mol. The Morgan fingerprint density at radius 3 is 2.58 bits per heavy atom. The molecule has 0 aliphatic carbocycles. The van der Waals surface area contributed by atoms with Crippen molar-refractivity contribution in [3.05, 3.63) is 50.8 Å². The fraction of sp³-hybridized carbons (Fsp3) is 0.400. The predicted molar refractivity (Wildman–Crippen MR) is 118 cm³/mol. The molecule has 3 rings (SSSR count). The van der Waals surface area contributed by atoms with Crippen LogP contribution in [0.3, 0.4) is 0 Å². The van der Waals surface area contributed by atoms with Crippen molar-refractivity contribution >= 4 is 26.7 Å². The fourth-order valence-electron chi connectivity index (χ4n) is 3.47. The maximum Gasteiger partial charge on any atom is 0.348 e. The van der Waals surface area contributed by atoms with E-state index in [4.69, 9.17) is 0 Å². The van der Waals surface area contributed by atoms with Crippen molar-refractivity contribution in [2.45, 2.75) is 46.6 Å². The first kappa shape index (κ1) is 22.5. The van der Waals surface area contributed by atoms with Gasteiger partial charge in [-0.3, -0.25) is 14.3 Å². The van der Waals surface area contributed by atoms with E-state index >= 15 is 0 Å². The Morgan fingerprint density at radius 1 is 1.19 bits per heavy atom. The Morgan fingerprint density at radius 2 is 1.94 bits per heavy atom. The highest BCUT2D eigenvalue weighted by atomic mass is 32.2. The van der Waals surface area contributed by atoms with Gasteiger partial charge in [0.2, 0.25) is 0 Å². The van der Waals surface area contributed by atoms with Gasteiger partial charge in [0.1, 0.15) is 11.5 Å². The van der Waals surface area contributed by atoms with Gasteiger partial charge >= 0.3 is 5.69 Å². The number of carbonyl (C=O) groups excluding carboxylic acids is 1. The minimum absolute atomic E-state index is 0.0954. The summed E-state index contributed by atoms with van der Waals surface area (Å²) in [7, 11) is -4.22. The molecule has 0 aliphatic heterocycles. The molecule has 0 amide bonds. The normalized spacial score (nSPS) is 11.7. The number of hydrogen-bond donors (Lipinski definition) is 2. The van der Waals surface area contributed by atoms with E-state index in [0.29, 0.717) is 29.6 Å². The van der Waals surface area contributed by atoms with Gasteiger partial charge in [-0.2, -0.15) is 9.77 Å². The molecule has 0 atom stereocenters. The van der Waals surface area contributed by atoms with E-state index in [1.165, 1.54) is 0 Å². The third-order valence-electron chi connectivity index (χ3n) is 4.90. The highest BCUT2D eigenvalue weighted by Gasteiger charge is 2.20. The van der Waals surface area contributed by atoms with Crippen LogP contribution in [0.5, 0.6) is 0 Å². The molecule has 0 fully saturated rings. The summed E-state index contributed by atoms with van der Waals surface area (Å²) in [6, 6.07) is 5.17. The van der Waals surface area contributed by atoms with Crippen LogP contribution in [0, 0.1) is 0 Å². The van der Waals surface area contributed by atoms with Crippen LogP contribution in [-0.4, -0.2) is 39.4 Å². The van der Waals surface area contributed by atoms with E-state index in [9.17, 15) is 22.8 Å². The Bertz CT molecular complexity index is 1350. The largest absolute Gasteiger partial charge is 0.348 e. The van der Waals surface area contributed by atoms with Crippen molar-refractivity contribution < 1.29 is 13.2 Å². The van der Waals surface area contributed by atoms with Crippen molar-refractivity contribution in [1.82, 2.24) is 19.4 Å². The molecule has 2 heterocycles. The number of rotatable bonds is 9. The lowest BCUT2D eigenvalue weighted by molar-refractivity contribution is -0.116. The molecule has 0 unspecified atom stereocenters. The Balaban J connectivity index is 2.15. The number of H-pyrrole nitrogens is 1. The number of benzene rings is 1. The van der Waals surface area contributed by atoms with Crippen LogP contribution in [0.25, 0.3) is 22.2 Å². The summed E-state index contributed by atoms with van der Waals surface area (Å²) in [5.41, 5.74) is 1.03.